The number of ether oxygens (including phenoxy) is 1. The molecule has 102 valence electrons. The van der Waals surface area contributed by atoms with Crippen LogP contribution >= 0.6 is 11.6 Å². The maximum Gasteiger partial charge on any atom is 0.253 e. The fourth-order valence-electron chi connectivity index (χ4n) is 1.63. The van der Waals surface area contributed by atoms with Gasteiger partial charge >= 0.3 is 0 Å². The van der Waals surface area contributed by atoms with E-state index in [2.05, 4.69) is 29.3 Å². The first kappa shape index (κ1) is 13.9. The van der Waals surface area contributed by atoms with Gasteiger partial charge in [-0.25, -0.2) is 0 Å². The van der Waals surface area contributed by atoms with Gasteiger partial charge in [0.15, 0.2) is 6.61 Å². The van der Waals surface area contributed by atoms with E-state index >= 15 is 0 Å². The van der Waals surface area contributed by atoms with Crippen LogP contribution in [0.1, 0.15) is 30.7 Å². The number of aryl methyl sites for hydroxylation is 2. The molecule has 0 bridgehead atoms. The minimum absolute atomic E-state index is 0.291. The number of benzene rings is 1. The predicted molar refractivity (Wildman–Crippen MR) is 73.5 cm³/mol. The zero-order valence-corrected chi connectivity index (χ0v) is 11.7. The van der Waals surface area contributed by atoms with Crippen LogP contribution in [-0.4, -0.2) is 16.1 Å². The molecule has 1 heterocycles. The molecule has 2 aromatic rings. The fourth-order valence-corrected chi connectivity index (χ4v) is 1.77. The molecule has 0 N–H and O–H groups in total. The van der Waals surface area contributed by atoms with Crippen LogP contribution in [-0.2, 0) is 19.4 Å². The van der Waals surface area contributed by atoms with E-state index in [1.165, 1.54) is 5.56 Å². The van der Waals surface area contributed by atoms with Crippen molar-refractivity contribution in [3.8, 4) is 5.75 Å². The van der Waals surface area contributed by atoms with E-state index in [0.717, 1.165) is 18.6 Å². The number of hydrogen-bond acceptors (Lipinski definition) is 4. The normalized spacial score (nSPS) is 10.6. The molecule has 0 fully saturated rings. The molecule has 1 aromatic carbocycles. The van der Waals surface area contributed by atoms with E-state index in [-0.39, 0.29) is 0 Å². The fraction of sp³-hybridized carbons (Fsp3) is 0.429. The molecule has 0 atom stereocenters. The highest BCUT2D eigenvalue weighted by molar-refractivity contribution is 6.17. The Morgan fingerprint density at radius 1 is 1.16 bits per heavy atom. The summed E-state index contributed by atoms with van der Waals surface area (Å²) in [5.74, 6) is 2.50. The lowest BCUT2D eigenvalue weighted by Crippen LogP contribution is -1.95. The Labute approximate surface area is 117 Å². The van der Waals surface area contributed by atoms with E-state index in [9.17, 15) is 0 Å². The summed E-state index contributed by atoms with van der Waals surface area (Å²) in [6, 6.07) is 8.00. The Morgan fingerprint density at radius 3 is 2.58 bits per heavy atom. The highest BCUT2D eigenvalue weighted by atomic mass is 35.5. The van der Waals surface area contributed by atoms with Crippen molar-refractivity contribution < 1.29 is 9.15 Å². The number of halogens is 1. The molecule has 5 heteroatoms. The van der Waals surface area contributed by atoms with Crippen LogP contribution in [0.2, 0.25) is 0 Å². The third-order valence-electron chi connectivity index (χ3n) is 2.73. The minimum Gasteiger partial charge on any atom is -0.484 e. The van der Waals surface area contributed by atoms with Gasteiger partial charge in [0.05, 0.1) is 0 Å². The summed E-state index contributed by atoms with van der Waals surface area (Å²) < 4.78 is 11.0. The van der Waals surface area contributed by atoms with E-state index in [1.807, 2.05) is 12.1 Å². The number of aromatic nitrogens is 2. The molecule has 0 spiro atoms. The molecule has 1 aromatic heterocycles. The Kier molecular flexibility index (Phi) is 5.21. The Hall–Kier alpha value is -1.55. The molecule has 4 nitrogen and oxygen atoms in total. The second kappa shape index (κ2) is 7.14. The van der Waals surface area contributed by atoms with Crippen molar-refractivity contribution in [3.63, 3.8) is 0 Å². The van der Waals surface area contributed by atoms with Gasteiger partial charge in [-0.2, -0.15) is 0 Å². The summed E-state index contributed by atoms with van der Waals surface area (Å²) in [5, 5.41) is 7.87. The molecule has 0 aliphatic heterocycles. The number of hydrogen-bond donors (Lipinski definition) is 0. The molecule has 0 saturated heterocycles. The van der Waals surface area contributed by atoms with Gasteiger partial charge in [-0.3, -0.25) is 0 Å². The number of nitrogens with zero attached hydrogens (tertiary/aromatic N) is 2. The zero-order valence-electron chi connectivity index (χ0n) is 10.9. The topological polar surface area (TPSA) is 48.2 Å². The molecule has 2 rings (SSSR count). The second-order valence-electron chi connectivity index (χ2n) is 4.17. The molecule has 0 aliphatic carbocycles. The van der Waals surface area contributed by atoms with E-state index in [1.54, 1.807) is 0 Å². The van der Waals surface area contributed by atoms with E-state index in [4.69, 9.17) is 20.8 Å². The maximum absolute atomic E-state index is 5.61. The van der Waals surface area contributed by atoms with Gasteiger partial charge in [-0.15, -0.1) is 21.8 Å². The quantitative estimate of drug-likeness (QED) is 0.730. The molecule has 0 aliphatic rings. The molecular formula is C14H17ClN2O2. The van der Waals surface area contributed by atoms with Crippen LogP contribution in [0.4, 0.5) is 0 Å². The van der Waals surface area contributed by atoms with Gasteiger partial charge < -0.3 is 9.15 Å². The standard InChI is InChI=1S/C14H17ClN2O2/c1-2-11-5-7-12(8-6-11)18-10-14-17-16-13(19-14)4-3-9-15/h5-8H,2-4,9-10H2,1H3. The van der Waals surface area contributed by atoms with Gasteiger partial charge in [-0.05, 0) is 30.5 Å². The lowest BCUT2D eigenvalue weighted by Gasteiger charge is -2.03. The zero-order chi connectivity index (χ0) is 13.5. The van der Waals surface area contributed by atoms with Gasteiger partial charge in [0.25, 0.3) is 5.89 Å². The summed E-state index contributed by atoms with van der Waals surface area (Å²) >= 11 is 5.61. The lowest BCUT2D eigenvalue weighted by atomic mass is 10.2. The van der Waals surface area contributed by atoms with Crippen molar-refractivity contribution in [1.82, 2.24) is 10.2 Å². The Morgan fingerprint density at radius 2 is 1.89 bits per heavy atom. The van der Waals surface area contributed by atoms with Gasteiger partial charge in [0.1, 0.15) is 5.75 Å². The third-order valence-corrected chi connectivity index (χ3v) is 2.99. The van der Waals surface area contributed by atoms with Crippen LogP contribution in [0.5, 0.6) is 5.75 Å². The van der Waals surface area contributed by atoms with Gasteiger partial charge in [0.2, 0.25) is 5.89 Å². The first-order valence-electron chi connectivity index (χ1n) is 6.40. The van der Waals surface area contributed by atoms with Crippen molar-refractivity contribution in [3.05, 3.63) is 41.6 Å². The summed E-state index contributed by atoms with van der Waals surface area (Å²) in [4.78, 5) is 0. The van der Waals surface area contributed by atoms with Crippen molar-refractivity contribution in [1.29, 1.82) is 0 Å². The monoisotopic (exact) mass is 280 g/mol. The molecule has 0 saturated carbocycles. The average Bonchev–Trinajstić information content (AvgIpc) is 2.91. The van der Waals surface area contributed by atoms with Gasteiger partial charge in [-0.1, -0.05) is 19.1 Å². The Balaban J connectivity index is 1.85. The van der Waals surface area contributed by atoms with Crippen LogP contribution in [0.3, 0.4) is 0 Å². The van der Waals surface area contributed by atoms with Crippen molar-refractivity contribution >= 4 is 11.6 Å². The number of rotatable bonds is 7. The third kappa shape index (κ3) is 4.24. The summed E-state index contributed by atoms with van der Waals surface area (Å²) in [5.41, 5.74) is 1.29. The van der Waals surface area contributed by atoms with Crippen LogP contribution in [0.25, 0.3) is 0 Å². The highest BCUT2D eigenvalue weighted by Gasteiger charge is 2.06. The molecular weight excluding hydrogens is 264 g/mol. The average molecular weight is 281 g/mol. The van der Waals surface area contributed by atoms with Crippen LogP contribution in [0.15, 0.2) is 28.7 Å². The van der Waals surface area contributed by atoms with E-state index < -0.39 is 0 Å². The minimum atomic E-state index is 0.291. The van der Waals surface area contributed by atoms with Crippen LogP contribution < -0.4 is 4.74 Å². The Bertz CT molecular complexity index is 496. The first-order chi connectivity index (χ1) is 9.31. The van der Waals surface area contributed by atoms with Crippen LogP contribution in [0, 0.1) is 0 Å². The van der Waals surface area contributed by atoms with Crippen molar-refractivity contribution in [2.24, 2.45) is 0 Å². The predicted octanol–water partition coefficient (Wildman–Crippen LogP) is 3.38. The highest BCUT2D eigenvalue weighted by Crippen LogP contribution is 2.14. The number of alkyl halides is 1. The van der Waals surface area contributed by atoms with E-state index in [0.29, 0.717) is 30.7 Å². The SMILES string of the molecule is CCc1ccc(OCc2nnc(CCCCl)o2)cc1. The first-order valence-corrected chi connectivity index (χ1v) is 6.94. The largest absolute Gasteiger partial charge is 0.484 e. The molecule has 0 amide bonds. The molecule has 19 heavy (non-hydrogen) atoms. The lowest BCUT2D eigenvalue weighted by molar-refractivity contribution is 0.259. The van der Waals surface area contributed by atoms with Gasteiger partial charge in [0, 0.05) is 12.3 Å². The summed E-state index contributed by atoms with van der Waals surface area (Å²) in [6.45, 7) is 2.41. The van der Waals surface area contributed by atoms with Crippen molar-refractivity contribution in [2.45, 2.75) is 32.8 Å². The smallest absolute Gasteiger partial charge is 0.253 e. The second-order valence-corrected chi connectivity index (χ2v) is 4.55. The molecule has 0 radical (unpaired) electrons. The summed E-state index contributed by atoms with van der Waals surface area (Å²) in [7, 11) is 0. The van der Waals surface area contributed by atoms with Crippen molar-refractivity contribution in [2.75, 3.05) is 5.88 Å². The maximum atomic E-state index is 5.61. The molecule has 0 unspecified atom stereocenters. The summed E-state index contributed by atoms with van der Waals surface area (Å²) in [6.07, 6.45) is 2.57.